The average molecular weight is 553 g/mol. The Bertz CT molecular complexity index is 1100. The van der Waals surface area contributed by atoms with Crippen molar-refractivity contribution in [3.63, 3.8) is 0 Å². The zero-order valence-corrected chi connectivity index (χ0v) is 24.2. The van der Waals surface area contributed by atoms with Gasteiger partial charge >= 0.3 is 5.97 Å². The fourth-order valence-corrected chi connectivity index (χ4v) is 4.46. The maximum absolute atomic E-state index is 13.9. The van der Waals surface area contributed by atoms with Crippen LogP contribution in [0.25, 0.3) is 11.5 Å². The van der Waals surface area contributed by atoms with Gasteiger partial charge in [0.1, 0.15) is 17.7 Å². The number of benzene rings is 2. The quantitative estimate of drug-likeness (QED) is 0.0790. The first-order valence-electron chi connectivity index (χ1n) is 15.1. The van der Waals surface area contributed by atoms with Crippen molar-refractivity contribution < 1.29 is 23.1 Å². The number of nitrogens with zero attached hydrogens (tertiary/aromatic N) is 2. The van der Waals surface area contributed by atoms with Gasteiger partial charge in [-0.1, -0.05) is 78.1 Å². The van der Waals surface area contributed by atoms with E-state index in [0.29, 0.717) is 48.3 Å². The first-order chi connectivity index (χ1) is 19.6. The molecule has 0 aliphatic rings. The van der Waals surface area contributed by atoms with E-state index in [9.17, 15) is 9.18 Å². The van der Waals surface area contributed by atoms with Gasteiger partial charge in [0.05, 0.1) is 12.2 Å². The third kappa shape index (κ3) is 11.5. The van der Waals surface area contributed by atoms with Gasteiger partial charge in [0.25, 0.3) is 0 Å². The van der Waals surface area contributed by atoms with Crippen LogP contribution in [0.2, 0.25) is 0 Å². The number of aryl methyl sites for hydroxylation is 1. The van der Waals surface area contributed by atoms with Crippen LogP contribution >= 0.6 is 0 Å². The molecule has 0 fully saturated rings. The lowest BCUT2D eigenvalue weighted by Gasteiger charge is -2.10. The van der Waals surface area contributed by atoms with E-state index in [4.69, 9.17) is 13.9 Å². The van der Waals surface area contributed by atoms with Crippen molar-refractivity contribution in [2.24, 2.45) is 0 Å². The summed E-state index contributed by atoms with van der Waals surface area (Å²) in [5.74, 6) is 1.67. The molecule has 0 bridgehead atoms. The largest absolute Gasteiger partial charge is 0.493 e. The molecule has 0 saturated carbocycles. The molecule has 1 unspecified atom stereocenters. The summed E-state index contributed by atoms with van der Waals surface area (Å²) in [7, 11) is 0. The van der Waals surface area contributed by atoms with Gasteiger partial charge in [-0.3, -0.25) is 0 Å². The molecule has 7 heteroatoms. The van der Waals surface area contributed by atoms with Crippen molar-refractivity contribution >= 4 is 5.97 Å². The van der Waals surface area contributed by atoms with E-state index in [1.54, 1.807) is 48.5 Å². The number of hydrogen-bond acceptors (Lipinski definition) is 6. The zero-order valence-electron chi connectivity index (χ0n) is 24.2. The van der Waals surface area contributed by atoms with E-state index in [0.717, 1.165) is 37.7 Å². The van der Waals surface area contributed by atoms with Gasteiger partial charge in [-0.25, -0.2) is 9.18 Å². The molecule has 1 heterocycles. The first-order valence-corrected chi connectivity index (χ1v) is 15.1. The van der Waals surface area contributed by atoms with Crippen molar-refractivity contribution in [2.45, 2.75) is 110 Å². The minimum absolute atomic E-state index is 0.310. The number of halogens is 1. The minimum atomic E-state index is -0.839. The third-order valence-electron chi connectivity index (χ3n) is 6.93. The van der Waals surface area contributed by atoms with Crippen molar-refractivity contribution in [1.29, 1.82) is 0 Å². The van der Waals surface area contributed by atoms with E-state index >= 15 is 0 Å². The van der Waals surface area contributed by atoms with Crippen LogP contribution in [0, 0.1) is 0 Å². The summed E-state index contributed by atoms with van der Waals surface area (Å²) >= 11 is 0. The second kappa shape index (κ2) is 18.2. The van der Waals surface area contributed by atoms with E-state index in [1.807, 2.05) is 0 Å². The molecular formula is C33H45FN2O4. The number of ether oxygens (including phenoxy) is 2. The summed E-state index contributed by atoms with van der Waals surface area (Å²) in [6.45, 7) is 4.66. The van der Waals surface area contributed by atoms with Crippen LogP contribution in [0.3, 0.4) is 0 Å². The Hall–Kier alpha value is -3.22. The average Bonchev–Trinajstić information content (AvgIpc) is 3.44. The van der Waals surface area contributed by atoms with Gasteiger partial charge < -0.3 is 13.9 Å². The topological polar surface area (TPSA) is 74.5 Å². The maximum Gasteiger partial charge on any atom is 0.343 e. The van der Waals surface area contributed by atoms with E-state index in [-0.39, 0.29) is 0 Å². The van der Waals surface area contributed by atoms with Crippen LogP contribution in [-0.2, 0) is 6.42 Å². The van der Waals surface area contributed by atoms with Crippen molar-refractivity contribution in [2.75, 3.05) is 6.61 Å². The normalized spacial score (nSPS) is 11.9. The number of aromatic nitrogens is 2. The Labute approximate surface area is 238 Å². The van der Waals surface area contributed by atoms with Gasteiger partial charge in [0.15, 0.2) is 0 Å². The lowest BCUT2D eigenvalue weighted by atomic mass is 10.1. The lowest BCUT2D eigenvalue weighted by molar-refractivity contribution is 0.0734. The van der Waals surface area contributed by atoms with Crippen LogP contribution in [0.5, 0.6) is 11.5 Å². The molecule has 3 aromatic rings. The molecule has 2 aromatic carbocycles. The van der Waals surface area contributed by atoms with Gasteiger partial charge in [-0.15, -0.1) is 10.2 Å². The predicted octanol–water partition coefficient (Wildman–Crippen LogP) is 9.33. The molecule has 218 valence electrons. The molecule has 0 amide bonds. The van der Waals surface area contributed by atoms with Gasteiger partial charge in [0.2, 0.25) is 11.8 Å². The fraction of sp³-hybridized carbons (Fsp3) is 0.545. The standard InChI is InChI=1S/C33H45FN2O4/c1-3-5-7-8-9-10-11-13-15-31-35-36-32(40-31)26-16-22-30(23-17-26)39-33(37)27-18-20-29(21-19-27)38-25-24-28(34)14-12-6-4-2/h16-23,28H,3-15,24-25H2,1-2H3. The van der Waals surface area contributed by atoms with E-state index in [1.165, 1.54) is 44.9 Å². The highest BCUT2D eigenvalue weighted by Crippen LogP contribution is 2.23. The Morgan fingerprint density at radius 3 is 2.10 bits per heavy atom. The number of carbonyl (C=O) groups is 1. The number of esters is 1. The van der Waals surface area contributed by atoms with Crippen LogP contribution < -0.4 is 9.47 Å². The Balaban J connectivity index is 1.38. The van der Waals surface area contributed by atoms with Crippen molar-refractivity contribution in [1.82, 2.24) is 10.2 Å². The number of unbranched alkanes of at least 4 members (excludes halogenated alkanes) is 9. The smallest absolute Gasteiger partial charge is 0.343 e. The van der Waals surface area contributed by atoms with Gasteiger partial charge in [0, 0.05) is 18.4 Å². The third-order valence-corrected chi connectivity index (χ3v) is 6.93. The fourth-order valence-electron chi connectivity index (χ4n) is 4.46. The highest BCUT2D eigenvalue weighted by atomic mass is 19.1. The molecule has 3 rings (SSSR count). The number of rotatable bonds is 20. The highest BCUT2D eigenvalue weighted by molar-refractivity contribution is 5.91. The summed E-state index contributed by atoms with van der Waals surface area (Å²) in [5, 5.41) is 8.35. The molecule has 0 N–H and O–H groups in total. The van der Waals surface area contributed by atoms with Crippen LogP contribution in [0.15, 0.2) is 52.9 Å². The maximum atomic E-state index is 13.9. The Morgan fingerprint density at radius 2 is 1.40 bits per heavy atom. The van der Waals surface area contributed by atoms with Gasteiger partial charge in [-0.2, -0.15) is 0 Å². The molecule has 0 radical (unpaired) electrons. The molecule has 0 aliphatic heterocycles. The molecular weight excluding hydrogens is 507 g/mol. The molecule has 1 aromatic heterocycles. The number of hydrogen-bond donors (Lipinski definition) is 0. The molecule has 1 atom stereocenters. The Morgan fingerprint density at radius 1 is 0.775 bits per heavy atom. The lowest BCUT2D eigenvalue weighted by Crippen LogP contribution is -2.09. The number of carbonyl (C=O) groups excluding carboxylic acids is 1. The summed E-state index contributed by atoms with van der Waals surface area (Å²) in [6.07, 6.45) is 14.0. The predicted molar refractivity (Wildman–Crippen MR) is 157 cm³/mol. The highest BCUT2D eigenvalue weighted by Gasteiger charge is 2.12. The molecule has 0 saturated heterocycles. The first kappa shape index (κ1) is 31.3. The molecule has 0 spiro atoms. The number of alkyl halides is 1. The summed E-state index contributed by atoms with van der Waals surface area (Å²) in [4.78, 5) is 12.6. The van der Waals surface area contributed by atoms with Crippen molar-refractivity contribution in [3.05, 3.63) is 60.0 Å². The van der Waals surface area contributed by atoms with E-state index < -0.39 is 12.1 Å². The second-order valence-electron chi connectivity index (χ2n) is 10.4. The Kier molecular flexibility index (Phi) is 14.2. The molecule has 6 nitrogen and oxygen atoms in total. The van der Waals surface area contributed by atoms with Crippen LogP contribution in [0.4, 0.5) is 4.39 Å². The second-order valence-corrected chi connectivity index (χ2v) is 10.4. The van der Waals surface area contributed by atoms with Crippen molar-refractivity contribution in [3.8, 4) is 23.0 Å². The molecule has 40 heavy (non-hydrogen) atoms. The molecule has 0 aliphatic carbocycles. The summed E-state index contributed by atoms with van der Waals surface area (Å²) in [5.41, 5.74) is 1.18. The van der Waals surface area contributed by atoms with E-state index in [2.05, 4.69) is 24.0 Å². The zero-order chi connectivity index (χ0) is 28.4. The van der Waals surface area contributed by atoms with Gasteiger partial charge in [-0.05, 0) is 61.4 Å². The van der Waals surface area contributed by atoms with Crippen LogP contribution in [-0.4, -0.2) is 28.9 Å². The van der Waals surface area contributed by atoms with Crippen LogP contribution in [0.1, 0.15) is 114 Å². The summed E-state index contributed by atoms with van der Waals surface area (Å²) < 4.78 is 30.8. The SMILES string of the molecule is CCCCCCCCCCc1nnc(-c2ccc(OC(=O)c3ccc(OCCC(F)CCCCC)cc3)cc2)o1. The summed E-state index contributed by atoms with van der Waals surface area (Å²) in [6, 6.07) is 13.7. The minimum Gasteiger partial charge on any atom is -0.493 e. The monoisotopic (exact) mass is 552 g/mol.